The largest absolute Gasteiger partial charge is 0.493 e. The average molecular weight is 377 g/mol. The lowest BCUT2D eigenvalue weighted by atomic mass is 10.0. The molecule has 0 aliphatic rings. The molecule has 0 heterocycles. The predicted molar refractivity (Wildman–Crippen MR) is 104 cm³/mol. The standard InChI is InChI=1S/C20H25ClN2O3/c1-4-14-5-7-16(8-6-14)13(2)23-11-15-9-17(21)20(18(10-15)25-3)26-12-19(22)24/h5-10,13,23H,4,11-12H2,1-3H3,(H2,22,24). The Labute approximate surface area is 159 Å². The summed E-state index contributed by atoms with van der Waals surface area (Å²) in [4.78, 5) is 10.9. The predicted octanol–water partition coefficient (Wildman–Crippen LogP) is 3.63. The molecule has 0 aliphatic heterocycles. The number of carbonyl (C=O) groups excluding carboxylic acids is 1. The first-order valence-electron chi connectivity index (χ1n) is 8.54. The molecule has 0 aromatic heterocycles. The molecule has 1 atom stereocenters. The molecule has 0 saturated heterocycles. The van der Waals surface area contributed by atoms with E-state index in [1.54, 1.807) is 6.07 Å². The molecule has 140 valence electrons. The van der Waals surface area contributed by atoms with Crippen LogP contribution in [-0.2, 0) is 17.8 Å². The normalized spacial score (nSPS) is 11.8. The van der Waals surface area contributed by atoms with Gasteiger partial charge in [0.25, 0.3) is 5.91 Å². The zero-order valence-corrected chi connectivity index (χ0v) is 16.1. The van der Waals surface area contributed by atoms with Gasteiger partial charge in [-0.1, -0.05) is 42.8 Å². The van der Waals surface area contributed by atoms with Crippen molar-refractivity contribution < 1.29 is 14.3 Å². The van der Waals surface area contributed by atoms with Crippen LogP contribution in [-0.4, -0.2) is 19.6 Å². The van der Waals surface area contributed by atoms with Gasteiger partial charge in [0, 0.05) is 12.6 Å². The van der Waals surface area contributed by atoms with Gasteiger partial charge in [-0.3, -0.25) is 4.79 Å². The molecular formula is C20H25ClN2O3. The van der Waals surface area contributed by atoms with E-state index in [4.69, 9.17) is 26.8 Å². The average Bonchev–Trinajstić information content (AvgIpc) is 2.64. The maximum absolute atomic E-state index is 10.9. The van der Waals surface area contributed by atoms with Crippen LogP contribution in [0.25, 0.3) is 0 Å². The Hall–Kier alpha value is -2.24. The SMILES string of the molecule is CCc1ccc(C(C)NCc2cc(Cl)c(OCC(N)=O)c(OC)c2)cc1. The minimum Gasteiger partial charge on any atom is -0.493 e. The summed E-state index contributed by atoms with van der Waals surface area (Å²) in [6.07, 6.45) is 1.03. The van der Waals surface area contributed by atoms with Crippen molar-refractivity contribution in [1.82, 2.24) is 5.32 Å². The Balaban J connectivity index is 2.06. The van der Waals surface area contributed by atoms with Gasteiger partial charge in [-0.25, -0.2) is 0 Å². The number of rotatable bonds is 9. The summed E-state index contributed by atoms with van der Waals surface area (Å²) in [6.45, 7) is 4.62. The number of hydrogen-bond acceptors (Lipinski definition) is 4. The Kier molecular flexibility index (Phi) is 7.30. The fourth-order valence-electron chi connectivity index (χ4n) is 2.59. The molecule has 1 unspecified atom stereocenters. The van der Waals surface area contributed by atoms with Crippen molar-refractivity contribution in [1.29, 1.82) is 0 Å². The Morgan fingerprint density at radius 2 is 1.92 bits per heavy atom. The zero-order chi connectivity index (χ0) is 19.1. The second-order valence-corrected chi connectivity index (χ2v) is 6.47. The summed E-state index contributed by atoms with van der Waals surface area (Å²) in [6, 6.07) is 12.4. The molecule has 0 spiro atoms. The number of benzene rings is 2. The molecule has 0 aliphatic carbocycles. The molecule has 1 amide bonds. The molecule has 5 nitrogen and oxygen atoms in total. The Morgan fingerprint density at radius 1 is 1.23 bits per heavy atom. The zero-order valence-electron chi connectivity index (χ0n) is 15.3. The molecule has 0 bridgehead atoms. The van der Waals surface area contributed by atoms with Crippen LogP contribution in [0.1, 0.15) is 36.6 Å². The quantitative estimate of drug-likeness (QED) is 0.701. The van der Waals surface area contributed by atoms with E-state index in [9.17, 15) is 4.79 Å². The van der Waals surface area contributed by atoms with Crippen molar-refractivity contribution in [3.8, 4) is 11.5 Å². The minimum atomic E-state index is -0.572. The van der Waals surface area contributed by atoms with E-state index in [1.807, 2.05) is 6.07 Å². The summed E-state index contributed by atoms with van der Waals surface area (Å²) in [5, 5.41) is 3.85. The van der Waals surface area contributed by atoms with E-state index in [0.717, 1.165) is 12.0 Å². The molecular weight excluding hydrogens is 352 g/mol. The number of nitrogens with two attached hydrogens (primary N) is 1. The van der Waals surface area contributed by atoms with Crippen LogP contribution in [0, 0.1) is 0 Å². The molecule has 2 aromatic carbocycles. The fraction of sp³-hybridized carbons (Fsp3) is 0.350. The summed E-state index contributed by atoms with van der Waals surface area (Å²) < 4.78 is 10.7. The van der Waals surface area contributed by atoms with Gasteiger partial charge in [-0.15, -0.1) is 0 Å². The number of hydrogen-bond donors (Lipinski definition) is 2. The van der Waals surface area contributed by atoms with Crippen molar-refractivity contribution >= 4 is 17.5 Å². The van der Waals surface area contributed by atoms with Gasteiger partial charge < -0.3 is 20.5 Å². The highest BCUT2D eigenvalue weighted by atomic mass is 35.5. The van der Waals surface area contributed by atoms with Crippen molar-refractivity contribution in [2.45, 2.75) is 32.9 Å². The van der Waals surface area contributed by atoms with Gasteiger partial charge in [0.1, 0.15) is 0 Å². The number of aryl methyl sites for hydroxylation is 1. The number of carbonyl (C=O) groups is 1. The third-order valence-electron chi connectivity index (χ3n) is 4.15. The first-order valence-corrected chi connectivity index (χ1v) is 8.92. The lowest BCUT2D eigenvalue weighted by Gasteiger charge is -2.17. The fourth-order valence-corrected chi connectivity index (χ4v) is 2.88. The van der Waals surface area contributed by atoms with Crippen molar-refractivity contribution in [3.63, 3.8) is 0 Å². The van der Waals surface area contributed by atoms with Crippen LogP contribution in [0.5, 0.6) is 11.5 Å². The van der Waals surface area contributed by atoms with Gasteiger partial charge >= 0.3 is 0 Å². The highest BCUT2D eigenvalue weighted by molar-refractivity contribution is 6.32. The third kappa shape index (κ3) is 5.38. The summed E-state index contributed by atoms with van der Waals surface area (Å²) in [5.41, 5.74) is 8.61. The second kappa shape index (κ2) is 9.46. The van der Waals surface area contributed by atoms with E-state index in [-0.39, 0.29) is 12.6 Å². The molecule has 0 radical (unpaired) electrons. The second-order valence-electron chi connectivity index (χ2n) is 6.06. The topological polar surface area (TPSA) is 73.6 Å². The first kappa shape index (κ1) is 20.1. The molecule has 3 N–H and O–H groups in total. The first-order chi connectivity index (χ1) is 12.4. The van der Waals surface area contributed by atoms with Crippen LogP contribution in [0.3, 0.4) is 0 Å². The van der Waals surface area contributed by atoms with Gasteiger partial charge in [-0.2, -0.15) is 0 Å². The number of ether oxygens (including phenoxy) is 2. The molecule has 6 heteroatoms. The number of halogens is 1. The number of methoxy groups -OCH3 is 1. The lowest BCUT2D eigenvalue weighted by molar-refractivity contribution is -0.119. The minimum absolute atomic E-state index is 0.191. The van der Waals surface area contributed by atoms with Crippen molar-refractivity contribution in [3.05, 3.63) is 58.1 Å². The maximum Gasteiger partial charge on any atom is 0.255 e. The molecule has 2 rings (SSSR count). The maximum atomic E-state index is 10.9. The Bertz CT molecular complexity index is 747. The van der Waals surface area contributed by atoms with Crippen LogP contribution < -0.4 is 20.5 Å². The van der Waals surface area contributed by atoms with E-state index < -0.39 is 5.91 Å². The van der Waals surface area contributed by atoms with E-state index in [2.05, 4.69) is 43.4 Å². The molecule has 0 fully saturated rings. The molecule has 0 saturated carbocycles. The third-order valence-corrected chi connectivity index (χ3v) is 4.43. The highest BCUT2D eigenvalue weighted by Crippen LogP contribution is 2.36. The number of primary amides is 1. The van der Waals surface area contributed by atoms with Gasteiger partial charge in [-0.05, 0) is 42.2 Å². The van der Waals surface area contributed by atoms with Crippen LogP contribution >= 0.6 is 11.6 Å². The number of amides is 1. The smallest absolute Gasteiger partial charge is 0.255 e. The summed E-state index contributed by atoms with van der Waals surface area (Å²) in [7, 11) is 1.53. The number of nitrogens with one attached hydrogen (secondary N) is 1. The lowest BCUT2D eigenvalue weighted by Crippen LogP contribution is -2.20. The van der Waals surface area contributed by atoms with Crippen LogP contribution in [0.4, 0.5) is 0 Å². The van der Waals surface area contributed by atoms with Gasteiger partial charge in [0.05, 0.1) is 12.1 Å². The Morgan fingerprint density at radius 3 is 2.50 bits per heavy atom. The van der Waals surface area contributed by atoms with E-state index in [0.29, 0.717) is 23.1 Å². The molecule has 2 aromatic rings. The van der Waals surface area contributed by atoms with Crippen LogP contribution in [0.15, 0.2) is 36.4 Å². The van der Waals surface area contributed by atoms with E-state index >= 15 is 0 Å². The van der Waals surface area contributed by atoms with Crippen LogP contribution in [0.2, 0.25) is 5.02 Å². The van der Waals surface area contributed by atoms with Gasteiger partial charge in [0.15, 0.2) is 18.1 Å². The summed E-state index contributed by atoms with van der Waals surface area (Å²) in [5.74, 6) is 0.215. The monoisotopic (exact) mass is 376 g/mol. The highest BCUT2D eigenvalue weighted by Gasteiger charge is 2.14. The van der Waals surface area contributed by atoms with Crippen molar-refractivity contribution in [2.24, 2.45) is 5.73 Å². The van der Waals surface area contributed by atoms with Gasteiger partial charge in [0.2, 0.25) is 0 Å². The van der Waals surface area contributed by atoms with Crippen molar-refractivity contribution in [2.75, 3.05) is 13.7 Å². The van der Waals surface area contributed by atoms with E-state index in [1.165, 1.54) is 18.2 Å². The molecule has 26 heavy (non-hydrogen) atoms. The summed E-state index contributed by atoms with van der Waals surface area (Å²) >= 11 is 6.28.